The number of amides is 1. The van der Waals surface area contributed by atoms with Crippen molar-refractivity contribution >= 4 is 34.5 Å². The van der Waals surface area contributed by atoms with Crippen molar-refractivity contribution in [3.8, 4) is 5.75 Å². The third-order valence-corrected chi connectivity index (χ3v) is 12.9. The first-order chi connectivity index (χ1) is 24.6. The number of aryl methyl sites for hydroxylation is 1. The lowest BCUT2D eigenvalue weighted by Gasteiger charge is -2.53. The van der Waals surface area contributed by atoms with E-state index in [2.05, 4.69) is 37.3 Å². The Kier molecular flexibility index (Phi) is 9.24. The molecule has 1 amide bonds. The number of phenols is 1. The molecule has 7 rings (SSSR count). The van der Waals surface area contributed by atoms with E-state index in [1.54, 1.807) is 19.0 Å². The Morgan fingerprint density at radius 3 is 2.33 bits per heavy atom. The van der Waals surface area contributed by atoms with Gasteiger partial charge < -0.3 is 36.0 Å². The maximum Gasteiger partial charge on any atom is 0.230 e. The van der Waals surface area contributed by atoms with Gasteiger partial charge in [-0.15, -0.1) is 0 Å². The van der Waals surface area contributed by atoms with Gasteiger partial charge in [-0.3, -0.25) is 14.4 Å². The number of carbonyl (C=O) groups excluding carboxylic acids is 3. The maximum atomic E-state index is 14.4. The van der Waals surface area contributed by atoms with E-state index in [-0.39, 0.29) is 29.7 Å². The van der Waals surface area contributed by atoms with Gasteiger partial charge in [-0.2, -0.15) is 0 Å². The molecule has 3 saturated carbocycles. The van der Waals surface area contributed by atoms with E-state index in [0.717, 1.165) is 17.7 Å². The minimum atomic E-state index is -2.69. The molecule has 276 valence electrons. The Morgan fingerprint density at radius 2 is 1.69 bits per heavy atom. The monoisotopic (exact) mass is 709 g/mol. The van der Waals surface area contributed by atoms with Crippen molar-refractivity contribution in [1.82, 2.24) is 4.90 Å². The topological polar surface area (TPSA) is 165 Å². The van der Waals surface area contributed by atoms with Crippen LogP contribution in [0.2, 0.25) is 0 Å². The van der Waals surface area contributed by atoms with E-state index in [1.807, 2.05) is 31.1 Å². The minimum Gasteiger partial charge on any atom is -0.507 e. The average Bonchev–Trinajstić information content (AvgIpc) is 3.54. The van der Waals surface area contributed by atoms with Gasteiger partial charge in [-0.05, 0) is 118 Å². The molecule has 6 N–H and O–H groups in total. The van der Waals surface area contributed by atoms with E-state index in [4.69, 9.17) is 5.73 Å². The van der Waals surface area contributed by atoms with Crippen LogP contribution in [0.3, 0.4) is 0 Å². The molecule has 10 nitrogen and oxygen atoms in total. The molecule has 0 aliphatic heterocycles. The second kappa shape index (κ2) is 13.3. The number of hydrogen-bond acceptors (Lipinski definition) is 9. The summed E-state index contributed by atoms with van der Waals surface area (Å²) in [6.07, 6.45) is 9.32. The fourth-order valence-corrected chi connectivity index (χ4v) is 10.3. The third kappa shape index (κ3) is 5.61. The number of hydrogen-bond donors (Lipinski definition) is 5. The molecule has 2 aromatic rings. The molecule has 0 spiro atoms. The Morgan fingerprint density at radius 1 is 1.00 bits per heavy atom. The van der Waals surface area contributed by atoms with Crippen LogP contribution in [0.4, 0.5) is 5.69 Å². The lowest BCUT2D eigenvalue weighted by molar-refractivity contribution is -0.184. The molecule has 2 aromatic carbocycles. The molecule has 52 heavy (non-hydrogen) atoms. The highest BCUT2D eigenvalue weighted by Crippen LogP contribution is 2.55. The molecule has 0 bridgehead atoms. The summed E-state index contributed by atoms with van der Waals surface area (Å²) in [7, 11) is 7.06. The molecular formula is C42H51N3O7. The third-order valence-electron chi connectivity index (χ3n) is 12.9. The quantitative estimate of drug-likeness (QED) is 0.259. The van der Waals surface area contributed by atoms with Crippen molar-refractivity contribution in [2.75, 3.05) is 33.1 Å². The maximum absolute atomic E-state index is 14.4. The van der Waals surface area contributed by atoms with Crippen molar-refractivity contribution in [3.05, 3.63) is 81.4 Å². The van der Waals surface area contributed by atoms with Crippen molar-refractivity contribution < 1.29 is 34.8 Å². The second-order valence-electron chi connectivity index (χ2n) is 16.3. The fraction of sp³-hybridized carbons (Fsp3) is 0.500. The Bertz CT molecular complexity index is 1930. The summed E-state index contributed by atoms with van der Waals surface area (Å²) in [6.45, 7) is 2.19. The summed E-state index contributed by atoms with van der Waals surface area (Å²) in [4.78, 5) is 44.0. The summed E-state index contributed by atoms with van der Waals surface area (Å²) >= 11 is 0. The van der Waals surface area contributed by atoms with Gasteiger partial charge >= 0.3 is 0 Å². The zero-order valence-electron chi connectivity index (χ0n) is 30.7. The van der Waals surface area contributed by atoms with Gasteiger partial charge in [0.1, 0.15) is 17.4 Å². The van der Waals surface area contributed by atoms with Gasteiger partial charge in [0.2, 0.25) is 11.7 Å². The van der Waals surface area contributed by atoms with Gasteiger partial charge in [0.25, 0.3) is 0 Å². The fourth-order valence-electron chi connectivity index (χ4n) is 10.3. The van der Waals surface area contributed by atoms with Crippen molar-refractivity contribution in [2.45, 2.75) is 82.0 Å². The van der Waals surface area contributed by atoms with Gasteiger partial charge in [-0.25, -0.2) is 0 Å². The summed E-state index contributed by atoms with van der Waals surface area (Å²) in [6, 6.07) is 9.70. The molecule has 2 unspecified atom stereocenters. The van der Waals surface area contributed by atoms with Gasteiger partial charge in [0.05, 0.1) is 11.7 Å². The van der Waals surface area contributed by atoms with Crippen LogP contribution in [0.25, 0.3) is 11.3 Å². The molecule has 5 aliphatic carbocycles. The van der Waals surface area contributed by atoms with Crippen LogP contribution in [0.15, 0.2) is 53.6 Å². The predicted molar refractivity (Wildman–Crippen MR) is 200 cm³/mol. The number of anilines is 1. The minimum absolute atomic E-state index is 0.0822. The number of benzene rings is 2. The SMILES string of the molecule is Cc1ccccc1C1CCC(CC2=CC=C(c3cc(N(C)C)c4c(c3O)C(O)=C3C(=O)[C@@]5(O)C(=O)C(C(N)=O)C(O)[C@H](N(C)C)[C@H]5C[C@H]3C4)C2)CC1. The molecule has 6 atom stereocenters. The van der Waals surface area contributed by atoms with Crippen LogP contribution >= 0.6 is 0 Å². The Labute approximate surface area is 305 Å². The number of nitrogens with zero attached hydrogens (tertiary/aromatic N) is 2. The van der Waals surface area contributed by atoms with Crippen LogP contribution in [0, 0.1) is 30.6 Å². The van der Waals surface area contributed by atoms with Crippen LogP contribution in [0.5, 0.6) is 5.75 Å². The number of Topliss-reactive ketones (excluding diaryl/α,β-unsaturated/α-hetero) is 2. The Balaban J connectivity index is 1.17. The first-order valence-corrected chi connectivity index (χ1v) is 18.5. The molecule has 10 heteroatoms. The molecule has 0 saturated heterocycles. The Hall–Kier alpha value is -4.25. The number of primary amides is 1. The number of aliphatic hydroxyl groups excluding tert-OH is 2. The number of nitrogens with two attached hydrogens (primary N) is 1. The molecule has 0 heterocycles. The van der Waals surface area contributed by atoms with E-state index >= 15 is 0 Å². The number of aliphatic hydroxyl groups is 3. The summed E-state index contributed by atoms with van der Waals surface area (Å²) in [5.74, 6) is -6.20. The second-order valence-corrected chi connectivity index (χ2v) is 16.3. The first-order valence-electron chi connectivity index (χ1n) is 18.5. The molecular weight excluding hydrogens is 658 g/mol. The number of likely N-dealkylation sites (N-methyl/N-ethyl adjacent to an activating group) is 1. The van der Waals surface area contributed by atoms with Crippen molar-refractivity contribution in [3.63, 3.8) is 0 Å². The van der Waals surface area contributed by atoms with Crippen LogP contribution in [0.1, 0.15) is 78.7 Å². The number of rotatable bonds is 7. The van der Waals surface area contributed by atoms with Gasteiger partial charge in [0, 0.05) is 42.9 Å². The van der Waals surface area contributed by atoms with Crippen molar-refractivity contribution in [2.24, 2.45) is 29.4 Å². The lowest BCUT2D eigenvalue weighted by Crippen LogP contribution is -2.73. The number of ketones is 2. The smallest absolute Gasteiger partial charge is 0.230 e. The van der Waals surface area contributed by atoms with Crippen molar-refractivity contribution in [1.29, 1.82) is 0 Å². The normalized spacial score (nSPS) is 31.5. The van der Waals surface area contributed by atoms with Gasteiger partial charge in [0.15, 0.2) is 11.4 Å². The van der Waals surface area contributed by atoms with E-state index in [0.29, 0.717) is 29.4 Å². The van der Waals surface area contributed by atoms with E-state index in [9.17, 15) is 34.8 Å². The largest absolute Gasteiger partial charge is 0.507 e. The highest BCUT2D eigenvalue weighted by Gasteiger charge is 2.67. The summed E-state index contributed by atoms with van der Waals surface area (Å²) < 4.78 is 0. The predicted octanol–water partition coefficient (Wildman–Crippen LogP) is 4.58. The molecule has 5 aliphatic rings. The van der Waals surface area contributed by atoms with E-state index in [1.165, 1.54) is 42.4 Å². The number of fused-ring (bicyclic) bond motifs is 3. The van der Waals surface area contributed by atoms with Crippen LogP contribution < -0.4 is 10.6 Å². The van der Waals surface area contributed by atoms with Crippen LogP contribution in [-0.4, -0.2) is 88.7 Å². The molecule has 3 fully saturated rings. The van der Waals surface area contributed by atoms with Gasteiger partial charge in [-0.1, -0.05) is 42.0 Å². The lowest BCUT2D eigenvalue weighted by atomic mass is 9.54. The summed E-state index contributed by atoms with van der Waals surface area (Å²) in [5.41, 5.74) is 9.85. The zero-order valence-corrected chi connectivity index (χ0v) is 30.7. The summed E-state index contributed by atoms with van der Waals surface area (Å²) in [5, 5.41) is 47.0. The number of carbonyl (C=O) groups is 3. The molecule has 0 aromatic heterocycles. The molecule has 0 radical (unpaired) electrons. The zero-order chi connectivity index (χ0) is 37.4. The number of aromatic hydroxyl groups is 1. The highest BCUT2D eigenvalue weighted by molar-refractivity contribution is 6.25. The standard InChI is InChI=1S/C42H51N3O7/c1-21-8-6-7-9-27(21)24-13-10-22(11-14-24)16-23-12-15-25(17-23)28-20-31(44(2)3)29-18-26-19-30-35(45(4)5)38(48)34(41(43)51)40(50)42(30,52)39(49)32(26)37(47)33(29)36(28)46/h6-9,12,15,20,22,24,26,30,34-35,38,46-48,52H,10-11,13-14,16-19H2,1-5H3,(H2,43,51)/t22?,24?,26-,30-,34?,35-,38?,42-/m1/s1. The number of allylic oxidation sites excluding steroid dienone is 4. The van der Waals surface area contributed by atoms with Crippen LogP contribution in [-0.2, 0) is 20.8 Å². The number of phenolic OH excluding ortho intramolecular Hbond substituents is 1. The first kappa shape index (κ1) is 36.1. The highest BCUT2D eigenvalue weighted by atomic mass is 16.3. The van der Waals surface area contributed by atoms with E-state index < -0.39 is 58.7 Å². The average molecular weight is 710 g/mol.